The molecule has 6 heteroatoms. The van der Waals surface area contributed by atoms with Crippen LogP contribution in [-0.4, -0.2) is 27.0 Å². The van der Waals surface area contributed by atoms with Crippen molar-refractivity contribution in [1.29, 1.82) is 0 Å². The van der Waals surface area contributed by atoms with Crippen LogP contribution in [0.5, 0.6) is 0 Å². The van der Waals surface area contributed by atoms with E-state index in [1.54, 1.807) is 9.47 Å². The van der Waals surface area contributed by atoms with Crippen LogP contribution < -0.4 is 11.4 Å². The number of carbonyl (C=O) groups excluding carboxylic acids is 1. The molecule has 2 aromatic rings. The Labute approximate surface area is 109 Å². The van der Waals surface area contributed by atoms with E-state index in [4.69, 9.17) is 5.73 Å². The molecule has 2 heterocycles. The Morgan fingerprint density at radius 2 is 2.11 bits per heavy atom. The van der Waals surface area contributed by atoms with Gasteiger partial charge in [-0.1, -0.05) is 12.1 Å². The van der Waals surface area contributed by atoms with Gasteiger partial charge in [0, 0.05) is 6.54 Å². The summed E-state index contributed by atoms with van der Waals surface area (Å²) in [6.07, 6.45) is 2.39. The zero-order valence-corrected chi connectivity index (χ0v) is 10.5. The van der Waals surface area contributed by atoms with Gasteiger partial charge in [0.15, 0.2) is 0 Å². The molecule has 2 amide bonds. The van der Waals surface area contributed by atoms with Crippen molar-refractivity contribution in [3.63, 3.8) is 0 Å². The molecule has 19 heavy (non-hydrogen) atoms. The van der Waals surface area contributed by atoms with E-state index >= 15 is 0 Å². The summed E-state index contributed by atoms with van der Waals surface area (Å²) in [5, 5.41) is 0. The average molecular weight is 260 g/mol. The van der Waals surface area contributed by atoms with Gasteiger partial charge in [0.05, 0.1) is 11.0 Å². The lowest BCUT2D eigenvalue weighted by atomic mass is 10.1. The molecular weight excluding hydrogens is 244 g/mol. The highest BCUT2D eigenvalue weighted by atomic mass is 16.2. The van der Waals surface area contributed by atoms with Gasteiger partial charge in [-0.05, 0) is 31.4 Å². The van der Waals surface area contributed by atoms with Crippen molar-refractivity contribution >= 4 is 17.1 Å². The molecule has 1 aromatic carbocycles. The van der Waals surface area contributed by atoms with Gasteiger partial charge in [-0.2, -0.15) is 0 Å². The summed E-state index contributed by atoms with van der Waals surface area (Å²) in [6, 6.07) is 7.01. The molecule has 0 bridgehead atoms. The van der Waals surface area contributed by atoms with Gasteiger partial charge in [-0.25, -0.2) is 9.59 Å². The average Bonchev–Trinajstić information content (AvgIpc) is 2.74. The third kappa shape index (κ3) is 1.89. The third-order valence-corrected chi connectivity index (χ3v) is 3.68. The number of aromatic nitrogens is 2. The molecule has 0 aliphatic carbocycles. The van der Waals surface area contributed by atoms with Gasteiger partial charge >= 0.3 is 11.7 Å². The van der Waals surface area contributed by atoms with E-state index in [0.29, 0.717) is 6.54 Å². The molecule has 0 radical (unpaired) electrons. The highest BCUT2D eigenvalue weighted by Gasteiger charge is 2.28. The molecule has 1 atom stereocenters. The number of benzene rings is 1. The van der Waals surface area contributed by atoms with Gasteiger partial charge in [0.1, 0.15) is 6.17 Å². The maximum absolute atomic E-state index is 12.1. The van der Waals surface area contributed by atoms with Crippen LogP contribution in [0.1, 0.15) is 25.4 Å². The predicted octanol–water partition coefficient (Wildman–Crippen LogP) is 1.39. The van der Waals surface area contributed by atoms with Gasteiger partial charge < -0.3 is 15.6 Å². The Morgan fingerprint density at radius 3 is 2.89 bits per heavy atom. The lowest BCUT2D eigenvalue weighted by Gasteiger charge is -2.34. The molecule has 100 valence electrons. The lowest BCUT2D eigenvalue weighted by Crippen LogP contribution is -2.46. The van der Waals surface area contributed by atoms with Crippen LogP contribution in [0.15, 0.2) is 29.1 Å². The number of nitrogens with two attached hydrogens (primary N) is 1. The summed E-state index contributed by atoms with van der Waals surface area (Å²) >= 11 is 0. The topological polar surface area (TPSA) is 84.1 Å². The highest BCUT2D eigenvalue weighted by molar-refractivity contribution is 5.76. The van der Waals surface area contributed by atoms with Crippen molar-refractivity contribution in [2.75, 3.05) is 6.54 Å². The molecule has 6 nitrogen and oxygen atoms in total. The number of H-pyrrole nitrogens is 1. The van der Waals surface area contributed by atoms with Crippen LogP contribution >= 0.6 is 0 Å². The number of primary amides is 1. The Hall–Kier alpha value is -2.24. The van der Waals surface area contributed by atoms with Crippen LogP contribution in [0.2, 0.25) is 0 Å². The molecule has 1 unspecified atom stereocenters. The van der Waals surface area contributed by atoms with Crippen LogP contribution in [0.3, 0.4) is 0 Å². The van der Waals surface area contributed by atoms with Crippen molar-refractivity contribution in [3.05, 3.63) is 34.7 Å². The molecular formula is C13H16N4O2. The second kappa shape index (κ2) is 4.46. The van der Waals surface area contributed by atoms with Gasteiger partial charge in [-0.15, -0.1) is 0 Å². The molecule has 0 spiro atoms. The molecule has 1 saturated heterocycles. The molecule has 1 aromatic heterocycles. The van der Waals surface area contributed by atoms with E-state index in [0.717, 1.165) is 30.3 Å². The first-order valence-electron chi connectivity index (χ1n) is 6.44. The zero-order valence-electron chi connectivity index (χ0n) is 10.5. The number of aromatic amines is 1. The molecule has 1 aliphatic heterocycles. The Bertz CT molecular complexity index is 673. The Balaban J connectivity index is 2.14. The fourth-order valence-electron chi connectivity index (χ4n) is 2.81. The first-order valence-corrected chi connectivity index (χ1v) is 6.44. The normalized spacial score (nSPS) is 19.8. The number of carbonyl (C=O) groups is 1. The Kier molecular flexibility index (Phi) is 2.77. The fraction of sp³-hybridized carbons (Fsp3) is 0.385. The number of piperidine rings is 1. The van der Waals surface area contributed by atoms with Crippen LogP contribution in [-0.2, 0) is 0 Å². The van der Waals surface area contributed by atoms with E-state index < -0.39 is 6.03 Å². The van der Waals surface area contributed by atoms with Crippen molar-refractivity contribution in [2.45, 2.75) is 25.4 Å². The van der Waals surface area contributed by atoms with Gasteiger partial charge in [0.25, 0.3) is 0 Å². The number of fused-ring (bicyclic) bond motifs is 1. The van der Waals surface area contributed by atoms with E-state index in [2.05, 4.69) is 4.98 Å². The molecule has 0 saturated carbocycles. The van der Waals surface area contributed by atoms with Crippen molar-refractivity contribution in [2.24, 2.45) is 5.73 Å². The largest absolute Gasteiger partial charge is 0.351 e. The number of urea groups is 1. The maximum atomic E-state index is 12.1. The quantitative estimate of drug-likeness (QED) is 0.812. The predicted molar refractivity (Wildman–Crippen MR) is 71.7 cm³/mol. The summed E-state index contributed by atoms with van der Waals surface area (Å²) in [5.41, 5.74) is 6.82. The number of likely N-dealkylation sites (tertiary alicyclic amines) is 1. The van der Waals surface area contributed by atoms with Crippen LogP contribution in [0.4, 0.5) is 4.79 Å². The number of amides is 2. The number of nitrogens with zero attached hydrogens (tertiary/aromatic N) is 2. The minimum absolute atomic E-state index is 0.195. The number of para-hydroxylation sites is 2. The fourth-order valence-corrected chi connectivity index (χ4v) is 2.81. The molecule has 1 fully saturated rings. The monoisotopic (exact) mass is 260 g/mol. The first-order chi connectivity index (χ1) is 9.18. The van der Waals surface area contributed by atoms with E-state index in [-0.39, 0.29) is 11.9 Å². The zero-order chi connectivity index (χ0) is 13.4. The first kappa shape index (κ1) is 11.8. The second-order valence-corrected chi connectivity index (χ2v) is 4.83. The van der Waals surface area contributed by atoms with Gasteiger partial charge in [0.2, 0.25) is 0 Å². The van der Waals surface area contributed by atoms with Crippen LogP contribution in [0.25, 0.3) is 11.0 Å². The molecule has 1 aliphatic rings. The smallest absolute Gasteiger partial charge is 0.328 e. The lowest BCUT2D eigenvalue weighted by molar-refractivity contribution is 0.123. The highest BCUT2D eigenvalue weighted by Crippen LogP contribution is 2.27. The number of nitrogens with one attached hydrogen (secondary N) is 1. The number of hydrogen-bond acceptors (Lipinski definition) is 2. The third-order valence-electron chi connectivity index (χ3n) is 3.68. The minimum atomic E-state index is -0.470. The maximum Gasteiger partial charge on any atom is 0.328 e. The Morgan fingerprint density at radius 1 is 1.32 bits per heavy atom. The summed E-state index contributed by atoms with van der Waals surface area (Å²) < 4.78 is 1.64. The minimum Gasteiger partial charge on any atom is -0.351 e. The van der Waals surface area contributed by atoms with Crippen molar-refractivity contribution in [1.82, 2.24) is 14.5 Å². The molecule has 3 N–H and O–H groups in total. The van der Waals surface area contributed by atoms with Crippen LogP contribution in [0, 0.1) is 0 Å². The number of imidazole rings is 1. The van der Waals surface area contributed by atoms with Crippen molar-refractivity contribution < 1.29 is 4.79 Å². The molecule has 3 rings (SSSR count). The summed E-state index contributed by atoms with van der Waals surface area (Å²) in [4.78, 5) is 28.1. The van der Waals surface area contributed by atoms with E-state index in [9.17, 15) is 9.59 Å². The van der Waals surface area contributed by atoms with Gasteiger partial charge in [-0.3, -0.25) is 4.57 Å². The number of rotatable bonds is 1. The summed E-state index contributed by atoms with van der Waals surface area (Å²) in [7, 11) is 0. The summed E-state index contributed by atoms with van der Waals surface area (Å²) in [5.74, 6) is 0. The SMILES string of the molecule is NC(=O)N1CCCCC1n1c(=O)[nH]c2ccccc21. The van der Waals surface area contributed by atoms with E-state index in [1.165, 1.54) is 0 Å². The van der Waals surface area contributed by atoms with Crippen molar-refractivity contribution in [3.8, 4) is 0 Å². The summed E-state index contributed by atoms with van der Waals surface area (Å²) in [6.45, 7) is 0.603. The number of hydrogen-bond donors (Lipinski definition) is 2. The van der Waals surface area contributed by atoms with E-state index in [1.807, 2.05) is 24.3 Å². The standard InChI is InChI=1S/C13H16N4O2/c14-12(18)16-8-4-3-7-11(16)17-10-6-2-1-5-9(10)15-13(17)19/h1-2,5-6,11H,3-4,7-8H2,(H2,14,18)(H,15,19). The second-order valence-electron chi connectivity index (χ2n) is 4.83.